The van der Waals surface area contributed by atoms with Gasteiger partial charge in [0.2, 0.25) is 5.78 Å². The zero-order valence-electron chi connectivity index (χ0n) is 18.8. The molecule has 1 aliphatic carbocycles. The van der Waals surface area contributed by atoms with Crippen molar-refractivity contribution in [1.29, 1.82) is 0 Å². The normalized spacial score (nSPS) is 24.1. The smallest absolute Gasteiger partial charge is 0.208 e. The molecule has 2 aliphatic rings. The van der Waals surface area contributed by atoms with Crippen molar-refractivity contribution in [2.24, 2.45) is 5.92 Å². The van der Waals surface area contributed by atoms with E-state index >= 15 is 0 Å². The van der Waals surface area contributed by atoms with Gasteiger partial charge in [0.25, 0.3) is 0 Å². The van der Waals surface area contributed by atoms with Crippen LogP contribution in [0.5, 0.6) is 0 Å². The Hall–Kier alpha value is -2.39. The van der Waals surface area contributed by atoms with Crippen molar-refractivity contribution in [3.05, 3.63) is 73.6 Å². The van der Waals surface area contributed by atoms with E-state index in [0.717, 1.165) is 22.4 Å². The molecule has 0 spiro atoms. The molecule has 5 rings (SSSR count). The average molecular weight is 502 g/mol. The van der Waals surface area contributed by atoms with E-state index in [4.69, 9.17) is 16.3 Å². The van der Waals surface area contributed by atoms with Crippen LogP contribution in [-0.2, 0) is 11.2 Å². The Balaban J connectivity index is 1.45. The molecule has 0 unspecified atom stereocenters. The van der Waals surface area contributed by atoms with Crippen molar-refractivity contribution in [2.45, 2.75) is 51.4 Å². The maximum atomic E-state index is 15.0. The number of rotatable bonds is 5. The predicted octanol–water partition coefficient (Wildman–Crippen LogP) is 5.10. The highest BCUT2D eigenvalue weighted by Crippen LogP contribution is 2.41. The molecule has 1 aromatic carbocycles. The minimum absolute atomic E-state index is 0.0342. The van der Waals surface area contributed by atoms with Crippen LogP contribution in [0.2, 0.25) is 5.02 Å². The van der Waals surface area contributed by atoms with Crippen LogP contribution < -0.4 is 5.32 Å². The monoisotopic (exact) mass is 501 g/mol. The molecule has 1 saturated carbocycles. The standard InChI is InChI=1S/C25H25ClFN3O3S/c1-12-7-15(8-19(12)31)30-25-17(10-28-11-29-25)23(32)20-9-16(13(2)34-20)24-21-14(5-6-33-24)3-4-18(26)22(21)27/h3-4,9-12,15,19,24,31H,5-8H2,1-2H3,(H,28,29,30)/t12-,15-,19+,24-/m1/s1. The summed E-state index contributed by atoms with van der Waals surface area (Å²) in [4.78, 5) is 23.2. The number of nitrogens with zero attached hydrogens (tertiary/aromatic N) is 2. The molecule has 178 valence electrons. The van der Waals surface area contributed by atoms with E-state index in [2.05, 4.69) is 15.3 Å². The van der Waals surface area contributed by atoms with Crippen LogP contribution in [0.15, 0.2) is 30.7 Å². The van der Waals surface area contributed by atoms with E-state index in [0.29, 0.717) is 41.3 Å². The van der Waals surface area contributed by atoms with Gasteiger partial charge in [-0.3, -0.25) is 4.79 Å². The highest BCUT2D eigenvalue weighted by Gasteiger charge is 2.32. The third kappa shape index (κ3) is 4.24. The summed E-state index contributed by atoms with van der Waals surface area (Å²) in [6, 6.07) is 5.22. The molecule has 0 radical (unpaired) electrons. The Kier molecular flexibility index (Phi) is 6.41. The van der Waals surface area contributed by atoms with Gasteiger partial charge in [0.05, 0.1) is 28.2 Å². The first-order chi connectivity index (χ1) is 16.3. The quantitative estimate of drug-likeness (QED) is 0.473. The van der Waals surface area contributed by atoms with Crippen LogP contribution in [0.3, 0.4) is 0 Å². The van der Waals surface area contributed by atoms with Crippen LogP contribution in [0, 0.1) is 18.7 Å². The van der Waals surface area contributed by atoms with E-state index in [1.807, 2.05) is 19.9 Å². The fourth-order valence-corrected chi connectivity index (χ4v) is 6.04. The topological polar surface area (TPSA) is 84.3 Å². The van der Waals surface area contributed by atoms with Gasteiger partial charge < -0.3 is 15.2 Å². The lowest BCUT2D eigenvalue weighted by molar-refractivity contribution is 0.0668. The average Bonchev–Trinajstić information content (AvgIpc) is 3.37. The first-order valence-corrected chi connectivity index (χ1v) is 12.5. The van der Waals surface area contributed by atoms with Gasteiger partial charge >= 0.3 is 0 Å². The van der Waals surface area contributed by atoms with E-state index in [-0.39, 0.29) is 28.9 Å². The van der Waals surface area contributed by atoms with Gasteiger partial charge in [0.1, 0.15) is 24.1 Å². The summed E-state index contributed by atoms with van der Waals surface area (Å²) in [5.74, 6) is -0.0424. The SMILES string of the molecule is Cc1sc(C(=O)c2cncnc2N[C@@H]2C[C@@H](C)[C@@H](O)C2)cc1[C@H]1OCCc2ccc(Cl)c(F)c21. The van der Waals surface area contributed by atoms with Gasteiger partial charge in [0.15, 0.2) is 0 Å². The maximum Gasteiger partial charge on any atom is 0.208 e. The Morgan fingerprint density at radius 2 is 2.18 bits per heavy atom. The summed E-state index contributed by atoms with van der Waals surface area (Å²) in [7, 11) is 0. The third-order valence-corrected chi connectivity index (χ3v) is 8.10. The molecule has 0 amide bonds. The highest BCUT2D eigenvalue weighted by atomic mass is 35.5. The Labute approximate surface area is 206 Å². The number of carbonyl (C=O) groups excluding carboxylic acids is 1. The number of thiophene rings is 1. The molecule has 3 heterocycles. The van der Waals surface area contributed by atoms with Crippen molar-refractivity contribution >= 4 is 34.5 Å². The molecule has 0 bridgehead atoms. The third-order valence-electron chi connectivity index (χ3n) is 6.74. The number of aliphatic hydroxyl groups excluding tert-OH is 1. The molecule has 1 aliphatic heterocycles. The number of carbonyl (C=O) groups is 1. The van der Waals surface area contributed by atoms with Gasteiger partial charge in [-0.2, -0.15) is 0 Å². The van der Waals surface area contributed by atoms with Crippen LogP contribution in [0.25, 0.3) is 0 Å². The van der Waals surface area contributed by atoms with E-state index in [1.54, 1.807) is 12.1 Å². The number of halogens is 2. The summed E-state index contributed by atoms with van der Waals surface area (Å²) >= 11 is 7.40. The molecule has 9 heteroatoms. The van der Waals surface area contributed by atoms with Crippen molar-refractivity contribution < 1.29 is 19.0 Å². The number of aliphatic hydroxyl groups is 1. The molecule has 0 saturated heterocycles. The minimum Gasteiger partial charge on any atom is -0.393 e. The van der Waals surface area contributed by atoms with Gasteiger partial charge in [0, 0.05) is 22.7 Å². The van der Waals surface area contributed by atoms with Crippen molar-refractivity contribution in [3.8, 4) is 0 Å². The molecule has 1 fully saturated rings. The van der Waals surface area contributed by atoms with Crippen LogP contribution in [0.4, 0.5) is 10.2 Å². The zero-order chi connectivity index (χ0) is 24.0. The van der Waals surface area contributed by atoms with Crippen molar-refractivity contribution in [1.82, 2.24) is 9.97 Å². The number of hydrogen-bond donors (Lipinski definition) is 2. The summed E-state index contributed by atoms with van der Waals surface area (Å²) in [5.41, 5.74) is 2.43. The highest BCUT2D eigenvalue weighted by molar-refractivity contribution is 7.14. The lowest BCUT2D eigenvalue weighted by Gasteiger charge is -2.27. The fraction of sp³-hybridized carbons (Fsp3) is 0.400. The number of nitrogens with one attached hydrogen (secondary N) is 1. The second kappa shape index (κ2) is 9.34. The molecule has 2 aromatic heterocycles. The molecule has 4 atom stereocenters. The van der Waals surface area contributed by atoms with Crippen LogP contribution in [0.1, 0.15) is 62.7 Å². The predicted molar refractivity (Wildman–Crippen MR) is 129 cm³/mol. The molecular formula is C25H25ClFN3O3S. The number of ether oxygens (including phenoxy) is 1. The van der Waals surface area contributed by atoms with Crippen LogP contribution >= 0.6 is 22.9 Å². The molecule has 2 N–H and O–H groups in total. The lowest BCUT2D eigenvalue weighted by atomic mass is 9.92. The van der Waals surface area contributed by atoms with Gasteiger partial charge in [-0.05, 0) is 55.4 Å². The summed E-state index contributed by atoms with van der Waals surface area (Å²) in [6.45, 7) is 4.37. The van der Waals surface area contributed by atoms with Crippen molar-refractivity contribution in [3.63, 3.8) is 0 Å². The lowest BCUT2D eigenvalue weighted by Crippen LogP contribution is -2.20. The molecular weight excluding hydrogens is 477 g/mol. The van der Waals surface area contributed by atoms with Crippen LogP contribution in [-0.4, -0.2) is 39.6 Å². The summed E-state index contributed by atoms with van der Waals surface area (Å²) in [6.07, 6.45) is 3.94. The number of hydrogen-bond acceptors (Lipinski definition) is 7. The maximum absolute atomic E-state index is 15.0. The largest absolute Gasteiger partial charge is 0.393 e. The number of ketones is 1. The number of anilines is 1. The molecule has 3 aromatic rings. The van der Waals surface area contributed by atoms with Gasteiger partial charge in [-0.1, -0.05) is 24.6 Å². The number of aromatic nitrogens is 2. The van der Waals surface area contributed by atoms with E-state index < -0.39 is 11.9 Å². The zero-order valence-corrected chi connectivity index (χ0v) is 20.4. The number of aryl methyl sites for hydroxylation is 1. The van der Waals surface area contributed by atoms with Crippen molar-refractivity contribution in [2.75, 3.05) is 11.9 Å². The molecule has 34 heavy (non-hydrogen) atoms. The first-order valence-electron chi connectivity index (χ1n) is 11.3. The Morgan fingerprint density at radius 3 is 2.94 bits per heavy atom. The van der Waals surface area contributed by atoms with E-state index in [9.17, 15) is 14.3 Å². The second-order valence-electron chi connectivity index (χ2n) is 9.03. The molecule has 6 nitrogen and oxygen atoms in total. The minimum atomic E-state index is -0.619. The van der Waals surface area contributed by atoms with E-state index in [1.165, 1.54) is 23.9 Å². The van der Waals surface area contributed by atoms with Gasteiger partial charge in [-0.25, -0.2) is 14.4 Å². The Bertz CT molecular complexity index is 1240. The van der Waals surface area contributed by atoms with Gasteiger partial charge in [-0.15, -0.1) is 11.3 Å². The number of benzene rings is 1. The second-order valence-corrected chi connectivity index (χ2v) is 10.7. The Morgan fingerprint density at radius 1 is 1.35 bits per heavy atom. The fourth-order valence-electron chi connectivity index (χ4n) is 4.87. The number of fused-ring (bicyclic) bond motifs is 1. The summed E-state index contributed by atoms with van der Waals surface area (Å²) < 4.78 is 20.9. The summed E-state index contributed by atoms with van der Waals surface area (Å²) in [5, 5.41) is 13.5. The first kappa shape index (κ1) is 23.4.